The van der Waals surface area contributed by atoms with Crippen molar-refractivity contribution >= 4 is 122 Å². The molecule has 0 fully saturated rings. The first-order chi connectivity index (χ1) is 24.5. The van der Waals surface area contributed by atoms with Crippen molar-refractivity contribution in [1.29, 1.82) is 0 Å². The fourth-order valence-corrected chi connectivity index (χ4v) is 9.81. The number of aromatic nitrogens is 2. The molecular formula is C38H12F4N2O4S3. The molecule has 0 saturated heterocycles. The number of benzene rings is 5. The molecule has 6 nitrogen and oxygen atoms in total. The molecule has 0 bridgehead atoms. The number of carbonyl (C=O) groups is 4. The molecule has 2 aliphatic carbocycles. The average Bonchev–Trinajstić information content (AvgIpc) is 3.92. The van der Waals surface area contributed by atoms with Crippen LogP contribution in [0.5, 0.6) is 0 Å². The highest BCUT2D eigenvalue weighted by Crippen LogP contribution is 2.45. The number of allylic oxidation sites excluding steroid dienone is 2. The van der Waals surface area contributed by atoms with Crippen LogP contribution in [0, 0.1) is 23.3 Å². The third-order valence-electron chi connectivity index (χ3n) is 9.27. The van der Waals surface area contributed by atoms with Crippen molar-refractivity contribution in [2.45, 2.75) is 0 Å². The maximum Gasteiger partial charge on any atom is 0.197 e. The fraction of sp³-hybridized carbons (Fsp3) is 0. The minimum Gasteiger partial charge on any atom is -0.288 e. The van der Waals surface area contributed by atoms with Gasteiger partial charge in [0.15, 0.2) is 46.4 Å². The van der Waals surface area contributed by atoms with Crippen LogP contribution in [-0.2, 0) is 0 Å². The number of fused-ring (bicyclic) bond motifs is 10. The summed E-state index contributed by atoms with van der Waals surface area (Å²) in [7, 11) is 0. The molecule has 0 unspecified atom stereocenters. The van der Waals surface area contributed by atoms with Gasteiger partial charge in [-0.05, 0) is 94.4 Å². The summed E-state index contributed by atoms with van der Waals surface area (Å²) in [6.07, 6.45) is 3.01. The standard InChI is InChI=1S/C38H12F4N2O4S3/c39-27-5-13-1-19-20(2-14(13)6-28(27)40)34(46)25(33(19)45)11-17-9-23-31-32(44-51-43-31)24-10-18(50-38(24)37(23)49-17)12-26-35(47)21-3-15-7-29(41)30(42)8-16(15)4-22(21)36(26)48/h1-12H. The lowest BCUT2D eigenvalue weighted by molar-refractivity contribution is 0.0975. The zero-order valence-electron chi connectivity index (χ0n) is 25.2. The second kappa shape index (κ2) is 10.4. The van der Waals surface area contributed by atoms with Crippen LogP contribution >= 0.6 is 34.4 Å². The first kappa shape index (κ1) is 30.1. The van der Waals surface area contributed by atoms with Crippen molar-refractivity contribution in [3.63, 3.8) is 0 Å². The van der Waals surface area contributed by atoms with Crippen molar-refractivity contribution in [1.82, 2.24) is 8.75 Å². The smallest absolute Gasteiger partial charge is 0.197 e. The summed E-state index contributed by atoms with van der Waals surface area (Å²) in [4.78, 5) is 54.9. The predicted octanol–water partition coefficient (Wildman–Crippen LogP) is 9.91. The molecule has 0 spiro atoms. The Morgan fingerprint density at radius 1 is 0.451 bits per heavy atom. The van der Waals surface area contributed by atoms with Crippen molar-refractivity contribution in [3.05, 3.63) is 127 Å². The lowest BCUT2D eigenvalue weighted by Gasteiger charge is -2.02. The van der Waals surface area contributed by atoms with Crippen LogP contribution in [0.2, 0.25) is 0 Å². The molecule has 10 rings (SSSR count). The van der Waals surface area contributed by atoms with Crippen LogP contribution < -0.4 is 0 Å². The third-order valence-corrected chi connectivity index (χ3v) is 12.1. The highest BCUT2D eigenvalue weighted by atomic mass is 32.1. The lowest BCUT2D eigenvalue weighted by Crippen LogP contribution is -1.99. The third kappa shape index (κ3) is 4.25. The van der Waals surface area contributed by atoms with Crippen molar-refractivity contribution in [2.24, 2.45) is 0 Å². The van der Waals surface area contributed by atoms with Crippen LogP contribution in [0.15, 0.2) is 71.8 Å². The monoisotopic (exact) mass is 732 g/mol. The molecule has 2 aliphatic rings. The Balaban J connectivity index is 1.07. The molecule has 244 valence electrons. The summed E-state index contributed by atoms with van der Waals surface area (Å²) >= 11 is 3.66. The Morgan fingerprint density at radius 2 is 0.765 bits per heavy atom. The highest BCUT2D eigenvalue weighted by molar-refractivity contribution is 7.28. The molecule has 13 heteroatoms. The van der Waals surface area contributed by atoms with Crippen LogP contribution in [0.25, 0.3) is 64.9 Å². The molecular weight excluding hydrogens is 721 g/mol. The molecule has 51 heavy (non-hydrogen) atoms. The molecule has 0 amide bonds. The van der Waals surface area contributed by atoms with E-state index in [4.69, 9.17) is 0 Å². The van der Waals surface area contributed by atoms with Gasteiger partial charge in [-0.2, -0.15) is 8.75 Å². The van der Waals surface area contributed by atoms with Gasteiger partial charge in [0.1, 0.15) is 11.0 Å². The molecule has 3 aromatic heterocycles. The Hall–Kier alpha value is -5.76. The number of carbonyl (C=O) groups excluding carboxylic acids is 4. The van der Waals surface area contributed by atoms with Gasteiger partial charge in [-0.1, -0.05) is 0 Å². The average molecular weight is 733 g/mol. The molecule has 0 radical (unpaired) electrons. The number of halogens is 4. The SMILES string of the molecule is O=C1C(=Cc2cc3c4nsnc4c4cc(C=C5C(=O)c6cc7cc(F)c(F)cc7cc6C5=O)sc4c3s2)C(=O)c2cc3cc(F)c(F)cc3cc21. The Bertz CT molecular complexity index is 2780. The first-order valence-electron chi connectivity index (χ1n) is 15.1. The van der Waals surface area contributed by atoms with Gasteiger partial charge in [0.25, 0.3) is 0 Å². The van der Waals surface area contributed by atoms with E-state index >= 15 is 0 Å². The van der Waals surface area contributed by atoms with Crippen LogP contribution in [0.1, 0.15) is 51.2 Å². The second-order valence-corrected chi connectivity index (χ2v) is 14.9. The molecule has 0 saturated carbocycles. The van der Waals surface area contributed by atoms with Crippen LogP contribution in [-0.4, -0.2) is 31.9 Å². The largest absolute Gasteiger partial charge is 0.288 e. The van der Waals surface area contributed by atoms with E-state index in [1.54, 1.807) is 0 Å². The number of hydrogen-bond donors (Lipinski definition) is 0. The van der Waals surface area contributed by atoms with E-state index < -0.39 is 46.4 Å². The van der Waals surface area contributed by atoms with Gasteiger partial charge in [0, 0.05) is 42.8 Å². The summed E-state index contributed by atoms with van der Waals surface area (Å²) in [6.45, 7) is 0. The van der Waals surface area contributed by atoms with Gasteiger partial charge in [0.2, 0.25) is 0 Å². The van der Waals surface area contributed by atoms with Gasteiger partial charge in [-0.25, -0.2) is 17.6 Å². The van der Waals surface area contributed by atoms with Gasteiger partial charge in [0.05, 0.1) is 32.3 Å². The van der Waals surface area contributed by atoms with Crippen molar-refractivity contribution in [3.8, 4) is 0 Å². The first-order valence-corrected chi connectivity index (χ1v) is 17.5. The minimum atomic E-state index is -1.06. The number of hydrogen-bond acceptors (Lipinski definition) is 9. The molecule has 5 aromatic carbocycles. The van der Waals surface area contributed by atoms with E-state index in [0.29, 0.717) is 42.3 Å². The van der Waals surface area contributed by atoms with Gasteiger partial charge < -0.3 is 0 Å². The van der Waals surface area contributed by atoms with E-state index in [0.717, 1.165) is 56.2 Å². The summed E-state index contributed by atoms with van der Waals surface area (Å²) in [5, 5.41) is 2.66. The summed E-state index contributed by atoms with van der Waals surface area (Å²) in [6, 6.07) is 13.2. The number of nitrogens with zero attached hydrogens (tertiary/aromatic N) is 2. The van der Waals surface area contributed by atoms with Gasteiger partial charge >= 0.3 is 0 Å². The molecule has 0 aliphatic heterocycles. The quantitative estimate of drug-likeness (QED) is 0.0998. The summed E-state index contributed by atoms with van der Waals surface area (Å²) < 4.78 is 66.2. The van der Waals surface area contributed by atoms with Crippen LogP contribution in [0.3, 0.4) is 0 Å². The molecule has 0 N–H and O–H groups in total. The van der Waals surface area contributed by atoms with E-state index in [-0.39, 0.29) is 33.4 Å². The predicted molar refractivity (Wildman–Crippen MR) is 189 cm³/mol. The molecule has 8 aromatic rings. The van der Waals surface area contributed by atoms with Crippen molar-refractivity contribution in [2.75, 3.05) is 0 Å². The molecule has 0 atom stereocenters. The maximum absolute atomic E-state index is 13.9. The zero-order valence-corrected chi connectivity index (χ0v) is 27.6. The second-order valence-electron chi connectivity index (χ2n) is 12.2. The topological polar surface area (TPSA) is 94.1 Å². The van der Waals surface area contributed by atoms with E-state index in [1.165, 1.54) is 59.1 Å². The normalized spacial score (nSPS) is 14.4. The highest BCUT2D eigenvalue weighted by Gasteiger charge is 2.35. The number of rotatable bonds is 2. The fourth-order valence-electron chi connectivity index (χ4n) is 6.87. The molecule has 3 heterocycles. The van der Waals surface area contributed by atoms with Gasteiger partial charge in [-0.3, -0.25) is 19.2 Å². The Labute approximate surface area is 293 Å². The van der Waals surface area contributed by atoms with E-state index in [2.05, 4.69) is 8.75 Å². The Kier molecular flexibility index (Phi) is 6.13. The zero-order chi connectivity index (χ0) is 35.0. The number of thiophene rings is 2. The van der Waals surface area contributed by atoms with E-state index in [1.807, 2.05) is 12.1 Å². The Morgan fingerprint density at radius 3 is 1.08 bits per heavy atom. The maximum atomic E-state index is 13.9. The lowest BCUT2D eigenvalue weighted by atomic mass is 10.0. The summed E-state index contributed by atoms with van der Waals surface area (Å²) in [5.74, 6) is -6.32. The van der Waals surface area contributed by atoms with Crippen LogP contribution in [0.4, 0.5) is 17.6 Å². The van der Waals surface area contributed by atoms with E-state index in [9.17, 15) is 36.7 Å². The minimum absolute atomic E-state index is 0.0794. The number of Topliss-reactive ketones (excluding diaryl/α,β-unsaturated/α-hetero) is 4. The number of ketones is 4. The van der Waals surface area contributed by atoms with Crippen molar-refractivity contribution < 1.29 is 36.7 Å². The van der Waals surface area contributed by atoms with Gasteiger partial charge in [-0.15, -0.1) is 22.7 Å². The summed E-state index contributed by atoms with van der Waals surface area (Å²) in [5.41, 5.74) is 1.50.